The van der Waals surface area contributed by atoms with E-state index in [-0.39, 0.29) is 5.91 Å². The van der Waals surface area contributed by atoms with Gasteiger partial charge in [-0.25, -0.2) is 0 Å². The molecular formula is C17H20N2O. The lowest BCUT2D eigenvalue weighted by molar-refractivity contribution is 0.102. The number of rotatable bonds is 5. The lowest BCUT2D eigenvalue weighted by atomic mass is 10.1. The summed E-state index contributed by atoms with van der Waals surface area (Å²) in [5.41, 5.74) is 8.87. The monoisotopic (exact) mass is 268 g/mol. The van der Waals surface area contributed by atoms with E-state index in [2.05, 4.69) is 24.4 Å². The van der Waals surface area contributed by atoms with Crippen LogP contribution in [0.25, 0.3) is 0 Å². The maximum atomic E-state index is 12.1. The molecule has 0 saturated heterocycles. The van der Waals surface area contributed by atoms with Crippen molar-refractivity contribution in [1.82, 2.24) is 0 Å². The number of aryl methyl sites for hydroxylation is 1. The molecule has 0 atom stereocenters. The molecule has 2 aromatic carbocycles. The van der Waals surface area contributed by atoms with Gasteiger partial charge in [-0.3, -0.25) is 4.79 Å². The summed E-state index contributed by atoms with van der Waals surface area (Å²) in [4.78, 5) is 12.1. The van der Waals surface area contributed by atoms with Crippen LogP contribution in [0.4, 0.5) is 11.4 Å². The second-order valence-corrected chi connectivity index (χ2v) is 4.84. The fourth-order valence-corrected chi connectivity index (χ4v) is 2.04. The Bertz CT molecular complexity index is 576. The molecule has 3 heteroatoms. The number of carbonyl (C=O) groups is 1. The number of hydrogen-bond donors (Lipinski definition) is 2. The van der Waals surface area contributed by atoms with Crippen LogP contribution in [0.5, 0.6) is 0 Å². The van der Waals surface area contributed by atoms with E-state index in [0.29, 0.717) is 11.3 Å². The zero-order chi connectivity index (χ0) is 14.4. The summed E-state index contributed by atoms with van der Waals surface area (Å²) in [5, 5.41) is 2.86. The van der Waals surface area contributed by atoms with Crippen LogP contribution in [0.2, 0.25) is 0 Å². The molecule has 0 saturated carbocycles. The smallest absolute Gasteiger partial charge is 0.257 e. The minimum absolute atomic E-state index is 0.176. The Labute approximate surface area is 119 Å². The molecule has 0 spiro atoms. The van der Waals surface area contributed by atoms with Crippen molar-refractivity contribution in [2.75, 3.05) is 11.1 Å². The van der Waals surface area contributed by atoms with Crippen LogP contribution in [0.1, 0.15) is 35.7 Å². The molecule has 0 bridgehead atoms. The average molecular weight is 268 g/mol. The van der Waals surface area contributed by atoms with Crippen LogP contribution < -0.4 is 11.1 Å². The third kappa shape index (κ3) is 3.60. The molecule has 0 aliphatic heterocycles. The second kappa shape index (κ2) is 6.75. The highest BCUT2D eigenvalue weighted by molar-refractivity contribution is 6.07. The number of anilines is 2. The first-order valence-electron chi connectivity index (χ1n) is 6.95. The molecule has 0 aromatic heterocycles. The van der Waals surface area contributed by atoms with Crippen LogP contribution in [0.15, 0.2) is 48.5 Å². The van der Waals surface area contributed by atoms with Crippen molar-refractivity contribution in [3.8, 4) is 0 Å². The molecule has 104 valence electrons. The average Bonchev–Trinajstić information content (AvgIpc) is 2.47. The number of nitrogen functional groups attached to an aromatic ring is 1. The van der Waals surface area contributed by atoms with E-state index in [4.69, 9.17) is 5.73 Å². The van der Waals surface area contributed by atoms with Crippen molar-refractivity contribution >= 4 is 17.3 Å². The number of carbonyl (C=O) groups excluding carboxylic acids is 1. The number of benzene rings is 2. The Morgan fingerprint density at radius 3 is 2.45 bits per heavy atom. The van der Waals surface area contributed by atoms with Gasteiger partial charge in [0.15, 0.2) is 0 Å². The Morgan fingerprint density at radius 2 is 1.80 bits per heavy atom. The van der Waals surface area contributed by atoms with Gasteiger partial charge >= 0.3 is 0 Å². The largest absolute Gasteiger partial charge is 0.398 e. The molecule has 1 amide bonds. The number of amides is 1. The van der Waals surface area contributed by atoms with E-state index in [9.17, 15) is 4.79 Å². The van der Waals surface area contributed by atoms with Gasteiger partial charge < -0.3 is 11.1 Å². The normalized spacial score (nSPS) is 10.2. The number of hydrogen-bond acceptors (Lipinski definition) is 2. The zero-order valence-electron chi connectivity index (χ0n) is 11.7. The second-order valence-electron chi connectivity index (χ2n) is 4.84. The van der Waals surface area contributed by atoms with Crippen molar-refractivity contribution in [3.63, 3.8) is 0 Å². The molecular weight excluding hydrogens is 248 g/mol. The summed E-state index contributed by atoms with van der Waals surface area (Å²) in [6.45, 7) is 2.18. The Balaban J connectivity index is 2.03. The van der Waals surface area contributed by atoms with Gasteiger partial charge in [0.1, 0.15) is 0 Å². The predicted octanol–water partition coefficient (Wildman–Crippen LogP) is 3.86. The maximum absolute atomic E-state index is 12.1. The maximum Gasteiger partial charge on any atom is 0.257 e. The minimum Gasteiger partial charge on any atom is -0.398 e. The van der Waals surface area contributed by atoms with Gasteiger partial charge in [-0.05, 0) is 42.7 Å². The number of nitrogens with two attached hydrogens (primary N) is 1. The van der Waals surface area contributed by atoms with Gasteiger partial charge in [0.05, 0.1) is 5.56 Å². The minimum atomic E-state index is -0.176. The van der Waals surface area contributed by atoms with Crippen LogP contribution in [-0.2, 0) is 6.42 Å². The molecule has 0 unspecified atom stereocenters. The highest BCUT2D eigenvalue weighted by atomic mass is 16.1. The number of unbranched alkanes of at least 4 members (excludes halogenated alkanes) is 1. The summed E-state index contributed by atoms with van der Waals surface area (Å²) in [6, 6.07) is 15.0. The fourth-order valence-electron chi connectivity index (χ4n) is 2.04. The van der Waals surface area contributed by atoms with E-state index in [0.717, 1.165) is 12.1 Å². The first-order chi connectivity index (χ1) is 9.70. The van der Waals surface area contributed by atoms with Crippen molar-refractivity contribution in [2.24, 2.45) is 0 Å². The zero-order valence-corrected chi connectivity index (χ0v) is 11.7. The lowest BCUT2D eigenvalue weighted by Gasteiger charge is -2.08. The Hall–Kier alpha value is -2.29. The quantitative estimate of drug-likeness (QED) is 0.809. The van der Waals surface area contributed by atoms with E-state index in [1.165, 1.54) is 18.4 Å². The van der Waals surface area contributed by atoms with Gasteiger partial charge in [0.25, 0.3) is 5.91 Å². The van der Waals surface area contributed by atoms with Crippen LogP contribution >= 0.6 is 0 Å². The topological polar surface area (TPSA) is 55.1 Å². The molecule has 0 heterocycles. The summed E-state index contributed by atoms with van der Waals surface area (Å²) >= 11 is 0. The molecule has 0 aliphatic rings. The Kier molecular flexibility index (Phi) is 4.77. The third-order valence-electron chi connectivity index (χ3n) is 3.24. The molecule has 2 aromatic rings. The van der Waals surface area contributed by atoms with E-state index < -0.39 is 0 Å². The predicted molar refractivity (Wildman–Crippen MR) is 83.9 cm³/mol. The SMILES string of the molecule is CCCCc1ccc(NC(=O)c2ccccc2N)cc1. The van der Waals surface area contributed by atoms with E-state index in [1.54, 1.807) is 18.2 Å². The number of nitrogens with one attached hydrogen (secondary N) is 1. The van der Waals surface area contributed by atoms with Crippen LogP contribution in [0, 0.1) is 0 Å². The van der Waals surface area contributed by atoms with Gasteiger partial charge in [-0.15, -0.1) is 0 Å². The highest BCUT2D eigenvalue weighted by Gasteiger charge is 2.08. The standard InChI is InChI=1S/C17H20N2O/c1-2-3-6-13-9-11-14(12-10-13)19-17(20)15-7-4-5-8-16(15)18/h4-5,7-12H,2-3,6,18H2,1H3,(H,19,20). The molecule has 0 radical (unpaired) electrons. The van der Waals surface area contributed by atoms with Gasteiger partial charge in [0, 0.05) is 11.4 Å². The fraction of sp³-hybridized carbons (Fsp3) is 0.235. The summed E-state index contributed by atoms with van der Waals surface area (Å²) in [5.74, 6) is -0.176. The van der Waals surface area contributed by atoms with Gasteiger partial charge in [0.2, 0.25) is 0 Å². The first kappa shape index (κ1) is 14.1. The molecule has 3 N–H and O–H groups in total. The highest BCUT2D eigenvalue weighted by Crippen LogP contribution is 2.15. The van der Waals surface area contributed by atoms with E-state index >= 15 is 0 Å². The van der Waals surface area contributed by atoms with E-state index in [1.807, 2.05) is 18.2 Å². The van der Waals surface area contributed by atoms with Crippen molar-refractivity contribution in [2.45, 2.75) is 26.2 Å². The van der Waals surface area contributed by atoms with Gasteiger partial charge in [-0.1, -0.05) is 37.6 Å². The Morgan fingerprint density at radius 1 is 1.10 bits per heavy atom. The molecule has 0 fully saturated rings. The summed E-state index contributed by atoms with van der Waals surface area (Å²) < 4.78 is 0. The van der Waals surface area contributed by atoms with Crippen LogP contribution in [-0.4, -0.2) is 5.91 Å². The molecule has 2 rings (SSSR count). The van der Waals surface area contributed by atoms with Crippen molar-refractivity contribution in [1.29, 1.82) is 0 Å². The molecule has 0 aliphatic carbocycles. The third-order valence-corrected chi connectivity index (χ3v) is 3.24. The van der Waals surface area contributed by atoms with Crippen LogP contribution in [0.3, 0.4) is 0 Å². The lowest BCUT2D eigenvalue weighted by Crippen LogP contribution is -2.13. The summed E-state index contributed by atoms with van der Waals surface area (Å²) in [7, 11) is 0. The first-order valence-corrected chi connectivity index (χ1v) is 6.95. The summed E-state index contributed by atoms with van der Waals surface area (Å²) in [6.07, 6.45) is 3.45. The van der Waals surface area contributed by atoms with Crippen molar-refractivity contribution < 1.29 is 4.79 Å². The van der Waals surface area contributed by atoms with Gasteiger partial charge in [-0.2, -0.15) is 0 Å². The molecule has 3 nitrogen and oxygen atoms in total. The van der Waals surface area contributed by atoms with Crippen molar-refractivity contribution in [3.05, 3.63) is 59.7 Å². The number of para-hydroxylation sites is 1. The molecule has 20 heavy (non-hydrogen) atoms.